The van der Waals surface area contributed by atoms with E-state index in [0.29, 0.717) is 0 Å². The van der Waals surface area contributed by atoms with E-state index < -0.39 is 17.5 Å². The van der Waals surface area contributed by atoms with E-state index in [2.05, 4.69) is 6.58 Å². The fraction of sp³-hybridized carbons (Fsp3) is 0.333. The summed E-state index contributed by atoms with van der Waals surface area (Å²) < 4.78 is 0. The third-order valence-electron chi connectivity index (χ3n) is 1.06. The molecule has 0 saturated carbocycles. The topological polar surface area (TPSA) is 92.4 Å². The summed E-state index contributed by atoms with van der Waals surface area (Å²) in [5.41, 5.74) is 3.34. The van der Waals surface area contributed by atoms with Gasteiger partial charge in [0.05, 0.1) is 0 Å². The van der Waals surface area contributed by atoms with Crippen molar-refractivity contribution in [1.82, 2.24) is 5.32 Å². The van der Waals surface area contributed by atoms with Crippen LogP contribution >= 0.6 is 0 Å². The van der Waals surface area contributed by atoms with Crippen molar-refractivity contribution < 1.29 is 14.7 Å². The van der Waals surface area contributed by atoms with Crippen molar-refractivity contribution >= 4 is 11.9 Å². The van der Waals surface area contributed by atoms with Crippen LogP contribution in [0.15, 0.2) is 12.7 Å². The van der Waals surface area contributed by atoms with Crippen molar-refractivity contribution in [2.75, 3.05) is 0 Å². The van der Waals surface area contributed by atoms with Gasteiger partial charge >= 0.3 is 5.97 Å². The van der Waals surface area contributed by atoms with Gasteiger partial charge in [-0.15, -0.1) is 0 Å². The molecular weight excluding hydrogens is 148 g/mol. The molecule has 0 aromatic rings. The van der Waals surface area contributed by atoms with Crippen molar-refractivity contribution in [2.45, 2.75) is 12.6 Å². The van der Waals surface area contributed by atoms with Crippen LogP contribution in [0.25, 0.3) is 0 Å². The van der Waals surface area contributed by atoms with Crippen LogP contribution in [0.4, 0.5) is 0 Å². The molecule has 5 heteroatoms. The van der Waals surface area contributed by atoms with E-state index in [4.69, 9.17) is 10.8 Å². The molecule has 5 nitrogen and oxygen atoms in total. The summed E-state index contributed by atoms with van der Waals surface area (Å²) in [7, 11) is 0. The molecule has 0 aliphatic carbocycles. The Hall–Kier alpha value is -1.36. The fourth-order valence-corrected chi connectivity index (χ4v) is 0.483. The first kappa shape index (κ1) is 9.64. The third kappa shape index (κ3) is 2.38. The van der Waals surface area contributed by atoms with Gasteiger partial charge < -0.3 is 10.4 Å². The fourth-order valence-electron chi connectivity index (χ4n) is 0.483. The highest BCUT2D eigenvalue weighted by Crippen LogP contribution is 1.95. The lowest BCUT2D eigenvalue weighted by Crippen LogP contribution is -2.59. The lowest BCUT2D eigenvalue weighted by molar-refractivity contribution is -0.144. The standard InChI is InChI=1S/C6H10N2O3/c1-3-6(7,5(10)11)8-4(2)9/h3H,1,7H2,2H3,(H,8,9)(H,10,11). The van der Waals surface area contributed by atoms with Gasteiger partial charge in [-0.05, 0) is 6.08 Å². The average molecular weight is 158 g/mol. The Kier molecular flexibility index (Phi) is 2.77. The largest absolute Gasteiger partial charge is 0.478 e. The van der Waals surface area contributed by atoms with Crippen LogP contribution in [0.3, 0.4) is 0 Å². The minimum absolute atomic E-state index is 0.519. The number of rotatable bonds is 3. The Morgan fingerprint density at radius 1 is 1.73 bits per heavy atom. The number of nitrogens with two attached hydrogens (primary N) is 1. The summed E-state index contributed by atoms with van der Waals surface area (Å²) in [4.78, 5) is 20.8. The molecule has 0 aromatic heterocycles. The summed E-state index contributed by atoms with van der Waals surface area (Å²) in [6.45, 7) is 4.36. The number of hydrogen-bond donors (Lipinski definition) is 3. The maximum absolute atomic E-state index is 10.4. The van der Waals surface area contributed by atoms with Gasteiger partial charge in [0.25, 0.3) is 0 Å². The molecular formula is C6H10N2O3. The lowest BCUT2D eigenvalue weighted by atomic mass is 10.2. The van der Waals surface area contributed by atoms with Gasteiger partial charge in [0.15, 0.2) is 0 Å². The second kappa shape index (κ2) is 3.16. The number of carbonyl (C=O) groups excluding carboxylic acids is 1. The summed E-state index contributed by atoms with van der Waals surface area (Å²) in [5, 5.41) is 10.5. The van der Waals surface area contributed by atoms with Gasteiger partial charge in [-0.2, -0.15) is 0 Å². The summed E-state index contributed by atoms with van der Waals surface area (Å²) in [6, 6.07) is 0. The number of hydrogen-bond acceptors (Lipinski definition) is 3. The zero-order valence-electron chi connectivity index (χ0n) is 6.13. The first-order valence-corrected chi connectivity index (χ1v) is 2.87. The molecule has 0 aliphatic heterocycles. The molecule has 62 valence electrons. The molecule has 0 saturated heterocycles. The Morgan fingerprint density at radius 3 is 2.27 bits per heavy atom. The number of aliphatic carboxylic acids is 1. The first-order valence-electron chi connectivity index (χ1n) is 2.87. The Bertz CT molecular complexity index is 202. The van der Waals surface area contributed by atoms with E-state index >= 15 is 0 Å². The van der Waals surface area contributed by atoms with Crippen LogP contribution in [0.5, 0.6) is 0 Å². The van der Waals surface area contributed by atoms with Crippen molar-refractivity contribution in [1.29, 1.82) is 0 Å². The average Bonchev–Trinajstić information content (AvgIpc) is 1.86. The van der Waals surface area contributed by atoms with Crippen LogP contribution in [-0.4, -0.2) is 22.6 Å². The molecule has 11 heavy (non-hydrogen) atoms. The number of carbonyl (C=O) groups is 2. The summed E-state index contributed by atoms with van der Waals surface area (Å²) >= 11 is 0. The van der Waals surface area contributed by atoms with E-state index in [1.807, 2.05) is 5.32 Å². The van der Waals surface area contributed by atoms with Gasteiger partial charge in [0.2, 0.25) is 11.6 Å². The highest BCUT2D eigenvalue weighted by atomic mass is 16.4. The molecule has 1 unspecified atom stereocenters. The number of carboxylic acids is 1. The molecule has 0 spiro atoms. The number of amides is 1. The van der Waals surface area contributed by atoms with E-state index in [1.54, 1.807) is 0 Å². The van der Waals surface area contributed by atoms with Gasteiger partial charge in [-0.3, -0.25) is 10.5 Å². The monoisotopic (exact) mass is 158 g/mol. The molecule has 4 N–H and O–H groups in total. The molecule has 0 bridgehead atoms. The van der Waals surface area contributed by atoms with Crippen molar-refractivity contribution in [3.05, 3.63) is 12.7 Å². The maximum atomic E-state index is 10.4. The Morgan fingerprint density at radius 2 is 2.18 bits per heavy atom. The molecule has 1 atom stereocenters. The van der Waals surface area contributed by atoms with Gasteiger partial charge in [0, 0.05) is 6.92 Å². The van der Waals surface area contributed by atoms with E-state index in [1.165, 1.54) is 6.92 Å². The highest BCUT2D eigenvalue weighted by Gasteiger charge is 2.30. The van der Waals surface area contributed by atoms with E-state index in [9.17, 15) is 9.59 Å². The zero-order chi connectivity index (χ0) is 9.07. The third-order valence-corrected chi connectivity index (χ3v) is 1.06. The van der Waals surface area contributed by atoms with Gasteiger partial charge in [-0.25, -0.2) is 4.79 Å². The zero-order valence-corrected chi connectivity index (χ0v) is 6.13. The Labute approximate surface area is 63.9 Å². The SMILES string of the molecule is C=CC(N)(NC(C)=O)C(=O)O. The van der Waals surface area contributed by atoms with Crippen LogP contribution in [0.1, 0.15) is 6.92 Å². The molecule has 0 aliphatic rings. The van der Waals surface area contributed by atoms with Gasteiger partial charge in [-0.1, -0.05) is 6.58 Å². The molecule has 0 radical (unpaired) electrons. The number of carboxylic acid groups (broad SMARTS) is 1. The second-order valence-electron chi connectivity index (χ2n) is 2.06. The van der Waals surface area contributed by atoms with Crippen LogP contribution in [-0.2, 0) is 9.59 Å². The van der Waals surface area contributed by atoms with Crippen molar-refractivity contribution in [3.8, 4) is 0 Å². The number of nitrogens with one attached hydrogen (secondary N) is 1. The lowest BCUT2D eigenvalue weighted by Gasteiger charge is -2.20. The van der Waals surface area contributed by atoms with E-state index in [-0.39, 0.29) is 0 Å². The second-order valence-corrected chi connectivity index (χ2v) is 2.06. The van der Waals surface area contributed by atoms with Gasteiger partial charge in [0.1, 0.15) is 0 Å². The minimum Gasteiger partial charge on any atom is -0.478 e. The Balaban J connectivity index is 4.47. The van der Waals surface area contributed by atoms with Crippen LogP contribution in [0.2, 0.25) is 0 Å². The molecule has 0 heterocycles. The maximum Gasteiger partial charge on any atom is 0.348 e. The van der Waals surface area contributed by atoms with Crippen molar-refractivity contribution in [3.63, 3.8) is 0 Å². The van der Waals surface area contributed by atoms with Crippen LogP contribution < -0.4 is 11.1 Å². The summed E-state index contributed by atoms with van der Waals surface area (Å²) in [5.74, 6) is -1.86. The smallest absolute Gasteiger partial charge is 0.348 e. The van der Waals surface area contributed by atoms with Crippen LogP contribution in [0, 0.1) is 0 Å². The van der Waals surface area contributed by atoms with E-state index in [0.717, 1.165) is 6.08 Å². The summed E-state index contributed by atoms with van der Waals surface area (Å²) in [6.07, 6.45) is 0.955. The minimum atomic E-state index is -1.86. The molecule has 0 rings (SSSR count). The highest BCUT2D eigenvalue weighted by molar-refractivity contribution is 5.87. The molecule has 0 aromatic carbocycles. The predicted octanol–water partition coefficient (Wildman–Crippen LogP) is -0.952. The molecule has 1 amide bonds. The van der Waals surface area contributed by atoms with Crippen molar-refractivity contribution in [2.24, 2.45) is 5.73 Å². The quantitative estimate of drug-likeness (QED) is 0.364. The molecule has 0 fully saturated rings. The normalized spacial score (nSPS) is 14.7. The predicted molar refractivity (Wildman–Crippen MR) is 38.6 cm³/mol. The first-order chi connectivity index (χ1) is 4.92.